The van der Waals surface area contributed by atoms with Crippen molar-refractivity contribution in [2.24, 2.45) is 0 Å². The van der Waals surface area contributed by atoms with Crippen LogP contribution in [0.25, 0.3) is 10.8 Å². The molecule has 3 N–H and O–H groups in total. The minimum Gasteiger partial charge on any atom is -0.480 e. The van der Waals surface area contributed by atoms with Crippen LogP contribution in [-0.4, -0.2) is 39.7 Å². The van der Waals surface area contributed by atoms with Gasteiger partial charge in [-0.3, -0.25) is 4.79 Å². The molecule has 2 aromatic rings. The lowest BCUT2D eigenvalue weighted by Gasteiger charge is -2.10. The molecule has 0 aliphatic rings. The Bertz CT molecular complexity index is 593. The fraction of sp³-hybridized carbons (Fsp3) is 0.250. The van der Waals surface area contributed by atoms with Gasteiger partial charge in [0.2, 0.25) is 5.91 Å². The van der Waals surface area contributed by atoms with Crippen LogP contribution in [0.5, 0.6) is 0 Å². The average molecular weight is 296 g/mol. The van der Waals surface area contributed by atoms with Crippen molar-refractivity contribution in [3.63, 3.8) is 0 Å². The van der Waals surface area contributed by atoms with Gasteiger partial charge in [0.05, 0.1) is 25.0 Å². The second-order valence-corrected chi connectivity index (χ2v) is 4.80. The summed E-state index contributed by atoms with van der Waals surface area (Å²) in [5, 5.41) is 22.1. The van der Waals surface area contributed by atoms with E-state index in [0.717, 1.165) is 0 Å². The van der Waals surface area contributed by atoms with Gasteiger partial charge < -0.3 is 19.9 Å². The van der Waals surface area contributed by atoms with Gasteiger partial charge in [0.1, 0.15) is 6.04 Å². The molecule has 0 fully saturated rings. The molecule has 0 unspecified atom stereocenters. The lowest BCUT2D eigenvalue weighted by Crippen LogP contribution is -2.43. The van der Waals surface area contributed by atoms with Gasteiger partial charge in [-0.05, 0) is 12.1 Å². The van der Waals surface area contributed by atoms with Crippen LogP contribution in [0.2, 0.25) is 0 Å². The molecule has 8 heteroatoms. The number of carboxylic acid groups (broad SMARTS) is 1. The van der Waals surface area contributed by atoms with E-state index >= 15 is 0 Å². The maximum atomic E-state index is 11.6. The number of hydrogen-bond acceptors (Lipinski definition) is 6. The summed E-state index contributed by atoms with van der Waals surface area (Å²) in [6.45, 7) is -0.657. The monoisotopic (exact) mass is 296 g/mol. The number of carboxylic acids is 1. The number of aliphatic hydroxyl groups excluding tert-OH is 1. The molecule has 0 aliphatic carbocycles. The van der Waals surface area contributed by atoms with Crippen molar-refractivity contribution in [2.45, 2.75) is 12.5 Å². The maximum absolute atomic E-state index is 11.6. The molecule has 20 heavy (non-hydrogen) atoms. The van der Waals surface area contributed by atoms with Crippen LogP contribution >= 0.6 is 11.3 Å². The van der Waals surface area contributed by atoms with E-state index in [1.807, 2.05) is 0 Å². The zero-order valence-corrected chi connectivity index (χ0v) is 11.1. The summed E-state index contributed by atoms with van der Waals surface area (Å²) in [6.07, 6.45) is 1.48. The number of aliphatic carboxylic acids is 1. The fourth-order valence-corrected chi connectivity index (χ4v) is 2.28. The Morgan fingerprint density at radius 1 is 1.50 bits per heavy atom. The summed E-state index contributed by atoms with van der Waals surface area (Å²) in [6, 6.07) is 2.20. The number of thiazole rings is 1. The highest BCUT2D eigenvalue weighted by molar-refractivity contribution is 7.13. The first-order chi connectivity index (χ1) is 9.60. The molecule has 2 heterocycles. The number of carbonyl (C=O) groups excluding carboxylic acids is 1. The Hall–Kier alpha value is -2.19. The van der Waals surface area contributed by atoms with Crippen molar-refractivity contribution in [3.8, 4) is 10.8 Å². The van der Waals surface area contributed by atoms with E-state index < -0.39 is 24.5 Å². The predicted molar refractivity (Wildman–Crippen MR) is 70.2 cm³/mol. The van der Waals surface area contributed by atoms with Crippen molar-refractivity contribution in [2.75, 3.05) is 6.61 Å². The third-order valence-corrected chi connectivity index (χ3v) is 3.35. The topological polar surface area (TPSA) is 113 Å². The average Bonchev–Trinajstić information content (AvgIpc) is 3.05. The molecule has 0 saturated carbocycles. The third-order valence-electron chi connectivity index (χ3n) is 2.44. The molecule has 0 aliphatic heterocycles. The van der Waals surface area contributed by atoms with Gasteiger partial charge in [-0.15, -0.1) is 11.3 Å². The van der Waals surface area contributed by atoms with Crippen molar-refractivity contribution in [3.05, 3.63) is 29.5 Å². The van der Waals surface area contributed by atoms with E-state index in [1.165, 1.54) is 17.6 Å². The number of amides is 1. The van der Waals surface area contributed by atoms with E-state index in [0.29, 0.717) is 16.5 Å². The van der Waals surface area contributed by atoms with E-state index in [4.69, 9.17) is 14.6 Å². The van der Waals surface area contributed by atoms with Crippen LogP contribution in [0.1, 0.15) is 5.69 Å². The van der Waals surface area contributed by atoms with Gasteiger partial charge in [0.25, 0.3) is 0 Å². The number of aromatic nitrogens is 1. The minimum atomic E-state index is -1.30. The van der Waals surface area contributed by atoms with Crippen molar-refractivity contribution in [1.82, 2.24) is 10.3 Å². The fourth-order valence-electron chi connectivity index (χ4n) is 1.50. The van der Waals surface area contributed by atoms with Crippen molar-refractivity contribution >= 4 is 23.2 Å². The van der Waals surface area contributed by atoms with Gasteiger partial charge >= 0.3 is 5.97 Å². The van der Waals surface area contributed by atoms with E-state index in [2.05, 4.69) is 10.3 Å². The Kier molecular flexibility index (Phi) is 4.49. The number of nitrogens with zero attached hydrogens (tertiary/aromatic N) is 1. The number of carbonyl (C=O) groups is 2. The first kappa shape index (κ1) is 14.2. The summed E-state index contributed by atoms with van der Waals surface area (Å²) in [7, 11) is 0. The van der Waals surface area contributed by atoms with Crippen LogP contribution < -0.4 is 5.32 Å². The summed E-state index contributed by atoms with van der Waals surface area (Å²) in [5.74, 6) is -1.18. The van der Waals surface area contributed by atoms with Crippen LogP contribution in [0.15, 0.2) is 28.2 Å². The summed E-state index contributed by atoms with van der Waals surface area (Å²) < 4.78 is 5.19. The smallest absolute Gasteiger partial charge is 0.328 e. The standard InChI is InChI=1S/C12H12N2O5S/c15-5-8(12(17)18)14-10(16)4-7-6-20-11(13-7)9-2-1-3-19-9/h1-3,6,8,15H,4-5H2,(H,14,16)(H,17,18)/t8-/m0/s1. The second kappa shape index (κ2) is 6.31. The van der Waals surface area contributed by atoms with Crippen LogP contribution in [-0.2, 0) is 16.0 Å². The lowest BCUT2D eigenvalue weighted by molar-refractivity contribution is -0.142. The highest BCUT2D eigenvalue weighted by atomic mass is 32.1. The van der Waals surface area contributed by atoms with Gasteiger partial charge in [0, 0.05) is 5.38 Å². The van der Waals surface area contributed by atoms with Gasteiger partial charge in [0.15, 0.2) is 10.8 Å². The lowest BCUT2D eigenvalue weighted by atomic mass is 10.2. The molecular formula is C12H12N2O5S. The van der Waals surface area contributed by atoms with Gasteiger partial charge in [-0.1, -0.05) is 0 Å². The Balaban J connectivity index is 1.97. The quantitative estimate of drug-likeness (QED) is 0.716. The molecule has 7 nitrogen and oxygen atoms in total. The number of aliphatic hydroxyl groups is 1. The van der Waals surface area contributed by atoms with Gasteiger partial charge in [-0.25, -0.2) is 9.78 Å². The SMILES string of the molecule is O=C(Cc1csc(-c2ccco2)n1)N[C@@H](CO)C(=O)O. The molecule has 0 spiro atoms. The van der Waals surface area contributed by atoms with Crippen LogP contribution in [0, 0.1) is 0 Å². The summed E-state index contributed by atoms with van der Waals surface area (Å²) >= 11 is 1.33. The summed E-state index contributed by atoms with van der Waals surface area (Å²) in [5.41, 5.74) is 0.515. The predicted octanol–water partition coefficient (Wildman–Crippen LogP) is 0.507. The number of hydrogen-bond donors (Lipinski definition) is 3. The molecule has 1 atom stereocenters. The van der Waals surface area contributed by atoms with Gasteiger partial charge in [-0.2, -0.15) is 0 Å². The third kappa shape index (κ3) is 3.43. The van der Waals surface area contributed by atoms with Crippen molar-refractivity contribution < 1.29 is 24.2 Å². The van der Waals surface area contributed by atoms with E-state index in [-0.39, 0.29) is 6.42 Å². The largest absolute Gasteiger partial charge is 0.480 e. The first-order valence-electron chi connectivity index (χ1n) is 5.71. The zero-order valence-electron chi connectivity index (χ0n) is 10.3. The normalized spacial score (nSPS) is 12.1. The number of furan rings is 1. The van der Waals surface area contributed by atoms with E-state index in [9.17, 15) is 9.59 Å². The Morgan fingerprint density at radius 2 is 2.30 bits per heavy atom. The molecule has 0 saturated heterocycles. The highest BCUT2D eigenvalue weighted by Crippen LogP contribution is 2.23. The molecule has 1 amide bonds. The van der Waals surface area contributed by atoms with Crippen LogP contribution in [0.4, 0.5) is 0 Å². The van der Waals surface area contributed by atoms with E-state index in [1.54, 1.807) is 17.5 Å². The zero-order chi connectivity index (χ0) is 14.5. The number of rotatable bonds is 6. The molecule has 2 rings (SSSR count). The molecule has 0 bridgehead atoms. The Labute approximate surface area is 117 Å². The molecule has 2 aromatic heterocycles. The molecular weight excluding hydrogens is 284 g/mol. The van der Waals surface area contributed by atoms with Crippen molar-refractivity contribution in [1.29, 1.82) is 0 Å². The highest BCUT2D eigenvalue weighted by Gasteiger charge is 2.19. The first-order valence-corrected chi connectivity index (χ1v) is 6.59. The summed E-state index contributed by atoms with van der Waals surface area (Å²) in [4.78, 5) is 26.5. The minimum absolute atomic E-state index is 0.0546. The molecule has 0 radical (unpaired) electrons. The molecule has 106 valence electrons. The van der Waals surface area contributed by atoms with Crippen LogP contribution in [0.3, 0.4) is 0 Å². The molecule has 0 aromatic carbocycles. The maximum Gasteiger partial charge on any atom is 0.328 e. The second-order valence-electron chi connectivity index (χ2n) is 3.94. The number of nitrogens with one attached hydrogen (secondary N) is 1. The Morgan fingerprint density at radius 3 is 2.90 bits per heavy atom.